The molecule has 0 radical (unpaired) electrons. The zero-order valence-electron chi connectivity index (χ0n) is 12.7. The molecular formula is C18H14ClN3S. The number of nitriles is 1. The number of anilines is 1. The number of nitrogens with zero attached hydrogens (tertiary/aromatic N) is 3. The van der Waals surface area contributed by atoms with Crippen LogP contribution in [0.4, 0.5) is 5.69 Å². The SMILES string of the molecule is CN(C)c1ccc(C=C(C#N)c2nc3cc(Cl)ccc3s2)cc1. The Morgan fingerprint density at radius 2 is 1.96 bits per heavy atom. The Hall–Kier alpha value is -2.35. The van der Waals surface area contributed by atoms with Gasteiger partial charge in [-0.3, -0.25) is 0 Å². The van der Waals surface area contributed by atoms with Crippen LogP contribution in [0.15, 0.2) is 42.5 Å². The van der Waals surface area contributed by atoms with Crippen molar-refractivity contribution in [2.24, 2.45) is 0 Å². The highest BCUT2D eigenvalue weighted by Gasteiger charge is 2.09. The number of aromatic nitrogens is 1. The van der Waals surface area contributed by atoms with Crippen LogP contribution < -0.4 is 4.90 Å². The summed E-state index contributed by atoms with van der Waals surface area (Å²) in [7, 11) is 4.00. The van der Waals surface area contributed by atoms with Crippen LogP contribution in [0.5, 0.6) is 0 Å². The molecule has 3 aromatic rings. The molecule has 0 N–H and O–H groups in total. The summed E-state index contributed by atoms with van der Waals surface area (Å²) < 4.78 is 1.02. The van der Waals surface area contributed by atoms with Gasteiger partial charge in [-0.05, 0) is 42.0 Å². The molecule has 3 nitrogen and oxygen atoms in total. The molecule has 0 saturated carbocycles. The maximum absolute atomic E-state index is 9.48. The van der Waals surface area contributed by atoms with E-state index >= 15 is 0 Å². The summed E-state index contributed by atoms with van der Waals surface area (Å²) in [5, 5.41) is 10.8. The number of hydrogen-bond acceptors (Lipinski definition) is 4. The van der Waals surface area contributed by atoms with Gasteiger partial charge in [0.05, 0.1) is 15.8 Å². The molecule has 0 spiro atoms. The lowest BCUT2D eigenvalue weighted by molar-refractivity contribution is 1.13. The number of fused-ring (bicyclic) bond motifs is 1. The summed E-state index contributed by atoms with van der Waals surface area (Å²) >= 11 is 7.49. The maximum atomic E-state index is 9.48. The standard InChI is InChI=1S/C18H14ClN3S/c1-22(2)15-6-3-12(4-7-15)9-13(11-20)18-21-16-10-14(19)5-8-17(16)23-18/h3-10H,1-2H3. The Morgan fingerprint density at radius 3 is 2.61 bits per heavy atom. The molecule has 23 heavy (non-hydrogen) atoms. The van der Waals surface area contributed by atoms with Gasteiger partial charge in [-0.1, -0.05) is 23.7 Å². The monoisotopic (exact) mass is 339 g/mol. The topological polar surface area (TPSA) is 39.9 Å². The minimum Gasteiger partial charge on any atom is -0.378 e. The van der Waals surface area contributed by atoms with Crippen LogP contribution in [-0.4, -0.2) is 19.1 Å². The molecule has 2 aromatic carbocycles. The molecule has 3 rings (SSSR count). The molecule has 0 saturated heterocycles. The lowest BCUT2D eigenvalue weighted by atomic mass is 10.1. The van der Waals surface area contributed by atoms with Crippen LogP contribution in [0, 0.1) is 11.3 Å². The maximum Gasteiger partial charge on any atom is 0.135 e. The predicted molar refractivity (Wildman–Crippen MR) is 98.9 cm³/mol. The first-order chi connectivity index (χ1) is 11.1. The molecule has 0 atom stereocenters. The molecule has 0 amide bonds. The van der Waals surface area contributed by atoms with Crippen LogP contribution in [0.3, 0.4) is 0 Å². The molecule has 1 heterocycles. The Kier molecular flexibility index (Phi) is 4.33. The molecule has 0 aliphatic heterocycles. The van der Waals surface area contributed by atoms with Crippen molar-refractivity contribution >= 4 is 50.5 Å². The van der Waals surface area contributed by atoms with Crippen LogP contribution in [0.2, 0.25) is 5.02 Å². The van der Waals surface area contributed by atoms with Crippen LogP contribution in [-0.2, 0) is 0 Å². The smallest absolute Gasteiger partial charge is 0.135 e. The van der Waals surface area contributed by atoms with E-state index in [4.69, 9.17) is 11.6 Å². The first-order valence-corrected chi connectivity index (χ1v) is 8.22. The third-order valence-corrected chi connectivity index (χ3v) is 4.73. The zero-order chi connectivity index (χ0) is 16.4. The largest absolute Gasteiger partial charge is 0.378 e. The van der Waals surface area contributed by atoms with Crippen molar-refractivity contribution in [2.75, 3.05) is 19.0 Å². The number of rotatable bonds is 3. The number of thiazole rings is 1. The first-order valence-electron chi connectivity index (χ1n) is 7.02. The van der Waals surface area contributed by atoms with Crippen molar-refractivity contribution in [1.29, 1.82) is 5.26 Å². The van der Waals surface area contributed by atoms with E-state index in [0.29, 0.717) is 15.6 Å². The van der Waals surface area contributed by atoms with E-state index in [1.165, 1.54) is 11.3 Å². The van der Waals surface area contributed by atoms with Gasteiger partial charge in [-0.2, -0.15) is 5.26 Å². The molecule has 1 aromatic heterocycles. The van der Waals surface area contributed by atoms with Crippen molar-refractivity contribution in [3.8, 4) is 6.07 Å². The lowest BCUT2D eigenvalue weighted by Gasteiger charge is -2.11. The van der Waals surface area contributed by atoms with E-state index in [1.54, 1.807) is 0 Å². The second kappa shape index (κ2) is 6.41. The van der Waals surface area contributed by atoms with Gasteiger partial charge < -0.3 is 4.90 Å². The van der Waals surface area contributed by atoms with Gasteiger partial charge in [0.15, 0.2) is 0 Å². The van der Waals surface area contributed by atoms with E-state index in [-0.39, 0.29) is 0 Å². The molecular weight excluding hydrogens is 326 g/mol. The number of hydrogen-bond donors (Lipinski definition) is 0. The number of benzene rings is 2. The van der Waals surface area contributed by atoms with E-state index in [1.807, 2.05) is 67.5 Å². The highest BCUT2D eigenvalue weighted by Crippen LogP contribution is 2.30. The third-order valence-electron chi connectivity index (χ3n) is 3.42. The van der Waals surface area contributed by atoms with Gasteiger partial charge in [-0.15, -0.1) is 11.3 Å². The first kappa shape index (κ1) is 15.5. The van der Waals surface area contributed by atoms with Gasteiger partial charge in [0.25, 0.3) is 0 Å². The minimum atomic E-state index is 0.555. The predicted octanol–water partition coefficient (Wildman–Crippen LogP) is 5.08. The summed E-state index contributed by atoms with van der Waals surface area (Å²) in [5.74, 6) is 0. The van der Waals surface area contributed by atoms with E-state index in [9.17, 15) is 5.26 Å². The number of halogens is 1. The fourth-order valence-electron chi connectivity index (χ4n) is 2.19. The fourth-order valence-corrected chi connectivity index (χ4v) is 3.27. The highest BCUT2D eigenvalue weighted by atomic mass is 35.5. The van der Waals surface area contributed by atoms with Crippen LogP contribution in [0.1, 0.15) is 10.6 Å². The van der Waals surface area contributed by atoms with Crippen molar-refractivity contribution in [2.45, 2.75) is 0 Å². The molecule has 0 aliphatic rings. The Bertz CT molecular complexity index is 918. The normalized spacial score (nSPS) is 11.5. The molecule has 0 aliphatic carbocycles. The van der Waals surface area contributed by atoms with Crippen LogP contribution in [0.25, 0.3) is 21.9 Å². The third kappa shape index (κ3) is 3.37. The van der Waals surface area contributed by atoms with Crippen molar-refractivity contribution in [1.82, 2.24) is 4.98 Å². The zero-order valence-corrected chi connectivity index (χ0v) is 14.3. The quantitative estimate of drug-likeness (QED) is 0.625. The van der Waals surface area contributed by atoms with Crippen LogP contribution >= 0.6 is 22.9 Å². The highest BCUT2D eigenvalue weighted by molar-refractivity contribution is 7.19. The summed E-state index contributed by atoms with van der Waals surface area (Å²) in [6.07, 6.45) is 1.86. The van der Waals surface area contributed by atoms with Gasteiger partial charge in [0, 0.05) is 24.8 Å². The summed E-state index contributed by atoms with van der Waals surface area (Å²) in [5.41, 5.74) is 3.47. The van der Waals surface area contributed by atoms with Crippen molar-refractivity contribution in [3.05, 3.63) is 58.1 Å². The van der Waals surface area contributed by atoms with Gasteiger partial charge in [0.1, 0.15) is 11.1 Å². The molecule has 5 heteroatoms. The average Bonchev–Trinajstić information content (AvgIpc) is 2.95. The van der Waals surface area contributed by atoms with Gasteiger partial charge in [0.2, 0.25) is 0 Å². The van der Waals surface area contributed by atoms with Crippen molar-refractivity contribution in [3.63, 3.8) is 0 Å². The van der Waals surface area contributed by atoms with E-state index in [0.717, 1.165) is 21.5 Å². The van der Waals surface area contributed by atoms with Gasteiger partial charge >= 0.3 is 0 Å². The van der Waals surface area contributed by atoms with E-state index < -0.39 is 0 Å². The number of allylic oxidation sites excluding steroid dienone is 1. The molecule has 114 valence electrons. The molecule has 0 bridgehead atoms. The average molecular weight is 340 g/mol. The summed E-state index contributed by atoms with van der Waals surface area (Å²) in [4.78, 5) is 6.56. The van der Waals surface area contributed by atoms with Crippen molar-refractivity contribution < 1.29 is 0 Å². The van der Waals surface area contributed by atoms with Gasteiger partial charge in [-0.25, -0.2) is 4.98 Å². The fraction of sp³-hybridized carbons (Fsp3) is 0.111. The summed E-state index contributed by atoms with van der Waals surface area (Å²) in [6.45, 7) is 0. The molecule has 0 unspecified atom stereocenters. The second-order valence-electron chi connectivity index (χ2n) is 5.29. The lowest BCUT2D eigenvalue weighted by Crippen LogP contribution is -2.07. The second-order valence-corrected chi connectivity index (χ2v) is 6.75. The molecule has 0 fully saturated rings. The Balaban J connectivity index is 1.98. The van der Waals surface area contributed by atoms with E-state index in [2.05, 4.69) is 11.1 Å². The Labute approximate surface area is 144 Å². The Morgan fingerprint density at radius 1 is 1.22 bits per heavy atom. The summed E-state index contributed by atoms with van der Waals surface area (Å²) in [6, 6.07) is 15.9. The minimum absolute atomic E-state index is 0.555.